The van der Waals surface area contributed by atoms with Gasteiger partial charge in [-0.05, 0) is 42.5 Å². The fourth-order valence-electron chi connectivity index (χ4n) is 4.82. The Bertz CT molecular complexity index is 1120. The van der Waals surface area contributed by atoms with Gasteiger partial charge in [-0.15, -0.1) is 0 Å². The number of unbranched alkanes of at least 4 members (excludes halogenated alkanes) is 11. The molecule has 0 spiro atoms. The number of para-hydroxylation sites is 1. The van der Waals surface area contributed by atoms with Gasteiger partial charge in [-0.1, -0.05) is 95.8 Å². The predicted molar refractivity (Wildman–Crippen MR) is 174 cm³/mol. The SMILES string of the molecule is CCCCCCCCCCCCCCOc1cccc(OP(=O)(O)Oc2ccc(C(CSC)C(N)C(=O)O)cc2)c1OC. The molecule has 242 valence electrons. The van der Waals surface area contributed by atoms with Crippen LogP contribution in [0.1, 0.15) is 95.5 Å². The van der Waals surface area contributed by atoms with E-state index in [-0.39, 0.29) is 17.2 Å². The number of benzene rings is 2. The van der Waals surface area contributed by atoms with E-state index in [1.54, 1.807) is 24.3 Å². The maximum Gasteiger partial charge on any atom is 0.585 e. The molecule has 4 N–H and O–H groups in total. The number of aliphatic carboxylic acids is 1. The normalized spacial score (nSPS) is 14.0. The molecule has 0 fully saturated rings. The van der Waals surface area contributed by atoms with Gasteiger partial charge in [0.1, 0.15) is 11.8 Å². The number of phosphoric ester groups is 1. The molecule has 0 saturated carbocycles. The average Bonchev–Trinajstić information content (AvgIpc) is 2.98. The lowest BCUT2D eigenvalue weighted by Gasteiger charge is -2.21. The van der Waals surface area contributed by atoms with Crippen molar-refractivity contribution in [3.8, 4) is 23.0 Å². The third kappa shape index (κ3) is 13.8. The molecular weight excluding hydrogens is 589 g/mol. The number of carboxylic acid groups (broad SMARTS) is 1. The van der Waals surface area contributed by atoms with E-state index in [9.17, 15) is 19.4 Å². The van der Waals surface area contributed by atoms with Gasteiger partial charge in [0.2, 0.25) is 5.75 Å². The lowest BCUT2D eigenvalue weighted by Crippen LogP contribution is -2.37. The van der Waals surface area contributed by atoms with Crippen molar-refractivity contribution in [3.63, 3.8) is 0 Å². The Hall–Kier alpha value is -2.39. The summed E-state index contributed by atoms with van der Waals surface area (Å²) in [5.41, 5.74) is 6.55. The summed E-state index contributed by atoms with van der Waals surface area (Å²) in [5.74, 6) is -0.293. The zero-order valence-electron chi connectivity index (χ0n) is 25.9. The van der Waals surface area contributed by atoms with Gasteiger partial charge in [0.25, 0.3) is 0 Å². The van der Waals surface area contributed by atoms with Crippen molar-refractivity contribution in [2.75, 3.05) is 25.7 Å². The van der Waals surface area contributed by atoms with Gasteiger partial charge in [0.15, 0.2) is 11.5 Å². The van der Waals surface area contributed by atoms with Crippen molar-refractivity contribution in [1.29, 1.82) is 0 Å². The highest BCUT2D eigenvalue weighted by Gasteiger charge is 2.29. The highest BCUT2D eigenvalue weighted by Crippen LogP contribution is 2.49. The van der Waals surface area contributed by atoms with Crippen molar-refractivity contribution in [3.05, 3.63) is 48.0 Å². The van der Waals surface area contributed by atoms with E-state index in [4.69, 9.17) is 24.3 Å². The summed E-state index contributed by atoms with van der Waals surface area (Å²) in [6.45, 7) is 2.75. The first-order chi connectivity index (χ1) is 20.7. The van der Waals surface area contributed by atoms with Crippen molar-refractivity contribution >= 4 is 25.6 Å². The molecule has 0 amide bonds. The Morgan fingerprint density at radius 1 is 0.884 bits per heavy atom. The predicted octanol–water partition coefficient (Wildman–Crippen LogP) is 8.19. The molecule has 3 atom stereocenters. The molecule has 11 heteroatoms. The highest BCUT2D eigenvalue weighted by molar-refractivity contribution is 7.98. The minimum atomic E-state index is -4.60. The van der Waals surface area contributed by atoms with Crippen LogP contribution in [0.2, 0.25) is 0 Å². The summed E-state index contributed by atoms with van der Waals surface area (Å²) >= 11 is 1.48. The zero-order chi connectivity index (χ0) is 31.5. The molecule has 2 aromatic rings. The smallest absolute Gasteiger partial charge is 0.490 e. The van der Waals surface area contributed by atoms with E-state index < -0.39 is 25.8 Å². The number of thioether (sulfide) groups is 1. The minimum absolute atomic E-state index is 0.0182. The summed E-state index contributed by atoms with van der Waals surface area (Å²) in [5, 5.41) is 9.32. The summed E-state index contributed by atoms with van der Waals surface area (Å²) in [7, 11) is -3.16. The third-order valence-corrected chi connectivity index (χ3v) is 8.77. The Morgan fingerprint density at radius 2 is 1.44 bits per heavy atom. The molecule has 0 bridgehead atoms. The second-order valence-electron chi connectivity index (χ2n) is 10.7. The standard InChI is InChI=1S/C32H50NO8PS/c1-4-5-6-7-8-9-10-11-12-13-14-15-23-39-28-17-16-18-29(31(28)38-2)41-42(36,37)40-26-21-19-25(20-22-26)27(24-43-3)30(33)32(34)35/h16-22,27,30H,4-15,23-24,33H2,1-3H3,(H,34,35)(H,36,37). The van der Waals surface area contributed by atoms with Gasteiger partial charge >= 0.3 is 13.8 Å². The van der Waals surface area contributed by atoms with Gasteiger partial charge in [-0.2, -0.15) is 11.8 Å². The highest BCUT2D eigenvalue weighted by atomic mass is 32.2. The summed E-state index contributed by atoms with van der Waals surface area (Å²) < 4.78 is 34.8. The Morgan fingerprint density at radius 3 is 1.98 bits per heavy atom. The van der Waals surface area contributed by atoms with Crippen molar-refractivity contribution in [2.45, 2.75) is 95.9 Å². The summed E-state index contributed by atoms with van der Waals surface area (Å²) in [6, 6.07) is 10.0. The fourth-order valence-corrected chi connectivity index (χ4v) is 6.40. The number of carboxylic acids is 1. The largest absolute Gasteiger partial charge is 0.585 e. The van der Waals surface area contributed by atoms with Crippen LogP contribution in [-0.2, 0) is 9.36 Å². The molecule has 2 rings (SSSR count). The number of hydrogen-bond acceptors (Lipinski definition) is 8. The third-order valence-electron chi connectivity index (χ3n) is 7.21. The van der Waals surface area contributed by atoms with Crippen LogP contribution in [0.5, 0.6) is 23.0 Å². The molecular formula is C32H50NO8PS. The molecule has 2 aromatic carbocycles. The number of hydrogen-bond donors (Lipinski definition) is 3. The van der Waals surface area contributed by atoms with Gasteiger partial charge in [0.05, 0.1) is 13.7 Å². The van der Waals surface area contributed by atoms with E-state index >= 15 is 0 Å². The maximum absolute atomic E-state index is 12.9. The van der Waals surface area contributed by atoms with Crippen molar-refractivity contribution in [2.24, 2.45) is 5.73 Å². The number of methoxy groups -OCH3 is 1. The molecule has 0 aliphatic carbocycles. The zero-order valence-corrected chi connectivity index (χ0v) is 27.6. The van der Waals surface area contributed by atoms with E-state index in [2.05, 4.69) is 6.92 Å². The van der Waals surface area contributed by atoms with E-state index in [1.165, 1.54) is 101 Å². The number of ether oxygens (including phenoxy) is 2. The number of carbonyl (C=O) groups is 1. The van der Waals surface area contributed by atoms with Gasteiger partial charge in [0, 0.05) is 11.7 Å². The van der Waals surface area contributed by atoms with Crippen LogP contribution >= 0.6 is 19.6 Å². The molecule has 3 unspecified atom stereocenters. The van der Waals surface area contributed by atoms with Crippen LogP contribution in [0.4, 0.5) is 0 Å². The van der Waals surface area contributed by atoms with Crippen LogP contribution in [-0.4, -0.2) is 47.7 Å². The van der Waals surface area contributed by atoms with Gasteiger partial charge in [-0.3, -0.25) is 9.69 Å². The minimum Gasteiger partial charge on any atom is -0.490 e. The molecule has 0 saturated heterocycles. The summed E-state index contributed by atoms with van der Waals surface area (Å²) in [6.07, 6.45) is 16.9. The second kappa shape index (κ2) is 20.5. The monoisotopic (exact) mass is 639 g/mol. The van der Waals surface area contributed by atoms with Crippen LogP contribution in [0.25, 0.3) is 0 Å². The van der Waals surface area contributed by atoms with Crippen LogP contribution in [0.15, 0.2) is 42.5 Å². The Kier molecular flexibility index (Phi) is 17.6. The first-order valence-electron chi connectivity index (χ1n) is 15.3. The first-order valence-corrected chi connectivity index (χ1v) is 18.2. The van der Waals surface area contributed by atoms with E-state index in [0.717, 1.165) is 12.8 Å². The second-order valence-corrected chi connectivity index (χ2v) is 12.9. The molecule has 43 heavy (non-hydrogen) atoms. The van der Waals surface area contributed by atoms with E-state index in [0.29, 0.717) is 23.7 Å². The number of rotatable bonds is 24. The molecule has 9 nitrogen and oxygen atoms in total. The van der Waals surface area contributed by atoms with Gasteiger partial charge < -0.3 is 29.4 Å². The Balaban J connectivity index is 1.83. The van der Waals surface area contributed by atoms with Crippen LogP contribution in [0.3, 0.4) is 0 Å². The number of phosphoric acid groups is 1. The van der Waals surface area contributed by atoms with Gasteiger partial charge in [-0.25, -0.2) is 4.57 Å². The topological polar surface area (TPSA) is 138 Å². The molecule has 0 aliphatic heterocycles. The van der Waals surface area contributed by atoms with E-state index in [1.807, 2.05) is 6.26 Å². The quantitative estimate of drug-likeness (QED) is 0.0761. The fraction of sp³-hybridized carbons (Fsp3) is 0.594. The van der Waals surface area contributed by atoms with Crippen LogP contribution < -0.4 is 24.3 Å². The summed E-state index contributed by atoms with van der Waals surface area (Å²) in [4.78, 5) is 21.9. The Labute approximate surface area is 261 Å². The van der Waals surface area contributed by atoms with Crippen molar-refractivity contribution < 1.29 is 37.9 Å². The van der Waals surface area contributed by atoms with Crippen molar-refractivity contribution in [1.82, 2.24) is 0 Å². The molecule has 0 aliphatic rings. The number of nitrogens with two attached hydrogens (primary N) is 1. The lowest BCUT2D eigenvalue weighted by atomic mass is 9.94. The molecule has 0 radical (unpaired) electrons. The average molecular weight is 640 g/mol. The molecule has 0 heterocycles. The maximum atomic E-state index is 12.9. The lowest BCUT2D eigenvalue weighted by molar-refractivity contribution is -0.138. The van der Waals surface area contributed by atoms with Crippen LogP contribution in [0, 0.1) is 0 Å². The first kappa shape index (κ1) is 36.8. The molecule has 0 aromatic heterocycles.